The Labute approximate surface area is 188 Å². The summed E-state index contributed by atoms with van der Waals surface area (Å²) in [4.78, 5) is 12.8. The number of carbonyl (C=O) groups is 1. The molecule has 2 N–H and O–H groups in total. The van der Waals surface area contributed by atoms with Gasteiger partial charge in [-0.2, -0.15) is 13.2 Å². The first-order chi connectivity index (χ1) is 15.3. The number of hydrogen-bond donors (Lipinski definition) is 2. The Kier molecular flexibility index (Phi) is 6.71. The van der Waals surface area contributed by atoms with Crippen molar-refractivity contribution in [3.63, 3.8) is 0 Å². The summed E-state index contributed by atoms with van der Waals surface area (Å²) in [5.74, 6) is 1.96. The van der Waals surface area contributed by atoms with Crippen molar-refractivity contribution in [2.45, 2.75) is 24.5 Å². The highest BCUT2D eigenvalue weighted by Gasteiger charge is 2.35. The minimum Gasteiger partial charge on any atom is -0.395 e. The van der Waals surface area contributed by atoms with Crippen LogP contribution in [-0.4, -0.2) is 38.5 Å². The molecule has 1 heterocycles. The van der Waals surface area contributed by atoms with Crippen molar-refractivity contribution in [1.29, 1.82) is 0 Å². The molecule has 2 aromatic carbocycles. The Balaban J connectivity index is 2.05. The average molecular weight is 482 g/mol. The van der Waals surface area contributed by atoms with Gasteiger partial charge < -0.3 is 15.0 Å². The molecule has 0 radical (unpaired) electrons. The number of halogens is 4. The quantitative estimate of drug-likeness (QED) is 0.399. The predicted molar refractivity (Wildman–Crippen MR) is 120 cm³/mol. The number of rotatable bonds is 6. The van der Waals surface area contributed by atoms with E-state index in [4.69, 9.17) is 0 Å². The van der Waals surface area contributed by atoms with Gasteiger partial charge in [-0.3, -0.25) is 9.00 Å². The highest BCUT2D eigenvalue weighted by Crippen LogP contribution is 2.39. The summed E-state index contributed by atoms with van der Waals surface area (Å²) in [5.41, 5.74) is -0.437. The number of alkyl halides is 3. The molecular formula is C23H22F4N2O3S. The van der Waals surface area contributed by atoms with Gasteiger partial charge in [0.25, 0.3) is 5.91 Å². The van der Waals surface area contributed by atoms with Crippen LogP contribution in [0.4, 0.5) is 23.2 Å². The van der Waals surface area contributed by atoms with Gasteiger partial charge in [0.05, 0.1) is 28.3 Å². The maximum Gasteiger partial charge on any atom is 0.417 e. The molecule has 0 bridgehead atoms. The molecule has 3 rings (SSSR count). The van der Waals surface area contributed by atoms with Crippen molar-refractivity contribution in [2.75, 3.05) is 18.2 Å². The Hall–Kier alpha value is -3.11. The van der Waals surface area contributed by atoms with Crippen LogP contribution in [0.5, 0.6) is 0 Å². The molecule has 1 amide bonds. The number of aromatic nitrogens is 1. The van der Waals surface area contributed by atoms with Crippen LogP contribution in [0.2, 0.25) is 0 Å². The van der Waals surface area contributed by atoms with Crippen molar-refractivity contribution in [1.82, 2.24) is 4.57 Å². The molecule has 176 valence electrons. The van der Waals surface area contributed by atoms with Gasteiger partial charge in [-0.15, -0.1) is 0 Å². The molecule has 0 aliphatic heterocycles. The SMILES string of the molecule is C=S(C)(=O)c1ccc(NC(=O)c2cn(CCO)c(-c3ccccc3C(F)(F)F)c2C)cc1F. The third-order valence-corrected chi connectivity index (χ3v) is 6.32. The number of nitrogens with zero attached hydrogens (tertiary/aromatic N) is 1. The Bertz CT molecular complexity index is 1310. The molecule has 1 atom stereocenters. The van der Waals surface area contributed by atoms with Crippen molar-refractivity contribution in [3.8, 4) is 11.3 Å². The lowest BCUT2D eigenvalue weighted by Gasteiger charge is -2.15. The van der Waals surface area contributed by atoms with Gasteiger partial charge in [0.1, 0.15) is 5.82 Å². The summed E-state index contributed by atoms with van der Waals surface area (Å²) in [7, 11) is -2.80. The first kappa shape index (κ1) is 24.5. The van der Waals surface area contributed by atoms with Crippen LogP contribution in [0.1, 0.15) is 21.5 Å². The summed E-state index contributed by atoms with van der Waals surface area (Å²) in [6, 6.07) is 8.60. The monoisotopic (exact) mass is 482 g/mol. The molecule has 5 nitrogen and oxygen atoms in total. The molecule has 0 saturated heterocycles. The maximum atomic E-state index is 14.3. The zero-order valence-corrected chi connectivity index (χ0v) is 18.7. The van der Waals surface area contributed by atoms with Gasteiger partial charge in [0, 0.05) is 30.2 Å². The minimum atomic E-state index is -4.62. The topological polar surface area (TPSA) is 71.3 Å². The zero-order chi connectivity index (χ0) is 24.6. The number of aliphatic hydroxyl groups is 1. The van der Waals surface area contributed by atoms with Crippen LogP contribution in [0.15, 0.2) is 53.6 Å². The summed E-state index contributed by atoms with van der Waals surface area (Å²) in [5, 5.41) is 11.9. The van der Waals surface area contributed by atoms with Crippen LogP contribution in [-0.2, 0) is 22.2 Å². The second-order valence-corrected chi connectivity index (χ2v) is 10.0. The lowest BCUT2D eigenvalue weighted by atomic mass is 10.00. The molecule has 1 aromatic heterocycles. The lowest BCUT2D eigenvalue weighted by molar-refractivity contribution is -0.137. The second kappa shape index (κ2) is 9.03. The number of aliphatic hydroxyl groups excluding tert-OH is 1. The minimum absolute atomic E-state index is 0.0344. The highest BCUT2D eigenvalue weighted by molar-refractivity contribution is 7.99. The molecular weight excluding hydrogens is 460 g/mol. The smallest absolute Gasteiger partial charge is 0.395 e. The van der Waals surface area contributed by atoms with Crippen molar-refractivity contribution >= 4 is 27.0 Å². The Morgan fingerprint density at radius 1 is 1.21 bits per heavy atom. The van der Waals surface area contributed by atoms with Crippen LogP contribution in [0.3, 0.4) is 0 Å². The summed E-state index contributed by atoms with van der Waals surface area (Å²) >= 11 is 0. The molecule has 0 aliphatic rings. The summed E-state index contributed by atoms with van der Waals surface area (Å²) in [6.45, 7) is 1.11. The van der Waals surface area contributed by atoms with E-state index < -0.39 is 33.0 Å². The number of benzene rings is 2. The van der Waals surface area contributed by atoms with Gasteiger partial charge in [0.15, 0.2) is 0 Å². The first-order valence-corrected chi connectivity index (χ1v) is 11.9. The standard InChI is InChI=1S/C23H22F4N2O3S/c1-14-17(22(31)28-15-8-9-20(19(24)12-15)33(2,3)32)13-29(10-11-30)21(14)16-6-4-5-7-18(16)23(25,26)27/h4-9,12-13,30H,2,10-11H2,1,3H3,(H,28,31). The Morgan fingerprint density at radius 3 is 2.45 bits per heavy atom. The van der Waals surface area contributed by atoms with Crippen molar-refractivity contribution in [3.05, 3.63) is 71.2 Å². The average Bonchev–Trinajstić information content (AvgIpc) is 3.02. The van der Waals surface area contributed by atoms with Crippen molar-refractivity contribution in [2.24, 2.45) is 0 Å². The molecule has 0 aliphatic carbocycles. The van der Waals surface area contributed by atoms with E-state index in [0.717, 1.165) is 12.1 Å². The van der Waals surface area contributed by atoms with E-state index in [2.05, 4.69) is 11.2 Å². The number of amides is 1. The van der Waals surface area contributed by atoms with E-state index >= 15 is 0 Å². The summed E-state index contributed by atoms with van der Waals surface area (Å²) < 4.78 is 68.5. The van der Waals surface area contributed by atoms with Crippen LogP contribution in [0, 0.1) is 12.7 Å². The fourth-order valence-electron chi connectivity index (χ4n) is 3.59. The number of carbonyl (C=O) groups excluding carboxylic acids is 1. The molecule has 1 unspecified atom stereocenters. The highest BCUT2D eigenvalue weighted by atomic mass is 32.2. The van der Waals surface area contributed by atoms with Gasteiger partial charge in [-0.25, -0.2) is 4.39 Å². The molecule has 0 spiro atoms. The molecule has 33 heavy (non-hydrogen) atoms. The van der Waals surface area contributed by atoms with Gasteiger partial charge in [0.2, 0.25) is 0 Å². The molecule has 0 saturated carbocycles. The maximum absolute atomic E-state index is 14.3. The van der Waals surface area contributed by atoms with E-state index in [1.807, 2.05) is 0 Å². The van der Waals surface area contributed by atoms with E-state index in [9.17, 15) is 31.7 Å². The normalized spacial score (nSPS) is 13.5. The van der Waals surface area contributed by atoms with E-state index in [1.165, 1.54) is 54.3 Å². The van der Waals surface area contributed by atoms with Crippen LogP contribution < -0.4 is 5.32 Å². The second-order valence-electron chi connectivity index (χ2n) is 7.58. The van der Waals surface area contributed by atoms with Crippen LogP contribution >= 0.6 is 0 Å². The number of hydrogen-bond acceptors (Lipinski definition) is 3. The van der Waals surface area contributed by atoms with E-state index in [0.29, 0.717) is 0 Å². The number of nitrogens with one attached hydrogen (secondary N) is 1. The first-order valence-electron chi connectivity index (χ1n) is 9.75. The number of anilines is 1. The third-order valence-electron chi connectivity index (χ3n) is 5.06. The van der Waals surface area contributed by atoms with Gasteiger partial charge in [-0.05, 0) is 52.1 Å². The zero-order valence-electron chi connectivity index (χ0n) is 17.9. The fraction of sp³-hybridized carbons (Fsp3) is 0.217. The largest absolute Gasteiger partial charge is 0.417 e. The molecule has 3 aromatic rings. The molecule has 10 heteroatoms. The predicted octanol–water partition coefficient (Wildman–Crippen LogP) is 4.57. The molecule has 0 fully saturated rings. The third kappa shape index (κ3) is 5.12. The summed E-state index contributed by atoms with van der Waals surface area (Å²) in [6.07, 6.45) is -1.98. The van der Waals surface area contributed by atoms with Crippen molar-refractivity contribution < 1.29 is 31.7 Å². The lowest BCUT2D eigenvalue weighted by Crippen LogP contribution is -2.13. The Morgan fingerprint density at radius 2 is 1.88 bits per heavy atom. The van der Waals surface area contributed by atoms with Crippen LogP contribution in [0.25, 0.3) is 11.3 Å². The van der Waals surface area contributed by atoms with Gasteiger partial charge >= 0.3 is 6.18 Å². The van der Waals surface area contributed by atoms with Gasteiger partial charge in [-0.1, -0.05) is 18.2 Å². The fourth-order valence-corrected chi connectivity index (χ4v) is 4.42. The van der Waals surface area contributed by atoms with E-state index in [1.54, 1.807) is 0 Å². The van der Waals surface area contributed by atoms with E-state index in [-0.39, 0.29) is 46.1 Å².